The molecule has 0 atom stereocenters. The molecule has 0 aromatic heterocycles. The monoisotopic (exact) mass is 483 g/mol. The molecule has 0 heterocycles. The number of ketones is 1. The second-order valence-electron chi connectivity index (χ2n) is 8.11. The van der Waals surface area contributed by atoms with Gasteiger partial charge in [-0.05, 0) is 45.0 Å². The summed E-state index contributed by atoms with van der Waals surface area (Å²) >= 11 is 0. The number of ether oxygens (including phenoxy) is 1. The average Bonchev–Trinajstić information content (AvgIpc) is 2.86. The molecule has 0 saturated heterocycles. The summed E-state index contributed by atoms with van der Waals surface area (Å²) in [5.74, 6) is -2.23. The van der Waals surface area contributed by atoms with Gasteiger partial charge in [0, 0.05) is 23.0 Å². The van der Waals surface area contributed by atoms with Crippen LogP contribution in [-0.4, -0.2) is 24.3 Å². The number of nitrogens with two attached hydrogens (primary N) is 1. The molecule has 184 valence electrons. The lowest BCUT2D eigenvalue weighted by Gasteiger charge is -2.20. The van der Waals surface area contributed by atoms with E-state index in [4.69, 9.17) is 10.5 Å². The van der Waals surface area contributed by atoms with Gasteiger partial charge in [-0.3, -0.25) is 9.59 Å². The number of carbonyl (C=O) groups excluding carboxylic acids is 3. The van der Waals surface area contributed by atoms with Gasteiger partial charge in [-0.2, -0.15) is 0 Å². The molecule has 36 heavy (non-hydrogen) atoms. The second kappa shape index (κ2) is 12.2. The molecule has 0 spiro atoms. The summed E-state index contributed by atoms with van der Waals surface area (Å²) in [4.78, 5) is 38.6. The molecule has 0 radical (unpaired) electrons. The van der Waals surface area contributed by atoms with E-state index < -0.39 is 17.4 Å². The molecule has 3 aromatic carbocycles. The molecule has 7 heteroatoms. The molecule has 0 aliphatic rings. The molecule has 0 fully saturated rings. The predicted molar refractivity (Wildman–Crippen MR) is 141 cm³/mol. The van der Waals surface area contributed by atoms with Crippen molar-refractivity contribution in [2.24, 2.45) is 5.73 Å². The number of benzene rings is 3. The van der Waals surface area contributed by atoms with Crippen molar-refractivity contribution in [3.63, 3.8) is 0 Å². The fourth-order valence-corrected chi connectivity index (χ4v) is 3.35. The predicted octanol–water partition coefficient (Wildman–Crippen LogP) is 4.90. The Morgan fingerprint density at radius 1 is 0.806 bits per heavy atom. The van der Waals surface area contributed by atoms with E-state index in [1.54, 1.807) is 43.3 Å². The lowest BCUT2D eigenvalue weighted by atomic mass is 10.0. The fourth-order valence-electron chi connectivity index (χ4n) is 3.35. The van der Waals surface area contributed by atoms with E-state index >= 15 is 0 Å². The number of amides is 1. The van der Waals surface area contributed by atoms with Gasteiger partial charge in [0.05, 0.1) is 18.0 Å². The number of allylic oxidation sites excluding steroid dienone is 1. The van der Waals surface area contributed by atoms with Gasteiger partial charge in [0.2, 0.25) is 0 Å². The van der Waals surface area contributed by atoms with Crippen LogP contribution in [0, 0.1) is 13.8 Å². The molecule has 0 aliphatic heterocycles. The largest absolute Gasteiger partial charge is 0.462 e. The summed E-state index contributed by atoms with van der Waals surface area (Å²) in [6, 6.07) is 23.5. The van der Waals surface area contributed by atoms with Crippen LogP contribution in [0.3, 0.4) is 0 Å². The molecule has 3 rings (SSSR count). The van der Waals surface area contributed by atoms with Gasteiger partial charge in [-0.25, -0.2) is 4.79 Å². The van der Waals surface area contributed by atoms with Crippen LogP contribution in [0.2, 0.25) is 0 Å². The Morgan fingerprint density at radius 3 is 1.83 bits per heavy atom. The van der Waals surface area contributed by atoms with Crippen LogP contribution < -0.4 is 16.4 Å². The summed E-state index contributed by atoms with van der Waals surface area (Å²) in [5.41, 5.74) is 9.19. The summed E-state index contributed by atoms with van der Waals surface area (Å²) in [6.45, 7) is 5.57. The van der Waals surface area contributed by atoms with E-state index in [-0.39, 0.29) is 23.8 Å². The summed E-state index contributed by atoms with van der Waals surface area (Å²) in [7, 11) is 0. The Balaban J connectivity index is 2.22. The average molecular weight is 484 g/mol. The smallest absolute Gasteiger partial charge is 0.345 e. The minimum Gasteiger partial charge on any atom is -0.462 e. The maximum absolute atomic E-state index is 13.2. The van der Waals surface area contributed by atoms with Gasteiger partial charge >= 0.3 is 5.97 Å². The fraction of sp³-hybridized carbons (Fsp3) is 0.138. The molecule has 0 unspecified atom stereocenters. The summed E-state index contributed by atoms with van der Waals surface area (Å²) < 4.78 is 5.13. The Labute approximate surface area is 210 Å². The number of hydrogen-bond acceptors (Lipinski definition) is 6. The molecule has 0 bridgehead atoms. The molecule has 1 amide bonds. The maximum Gasteiger partial charge on any atom is 0.345 e. The van der Waals surface area contributed by atoms with Crippen molar-refractivity contribution in [3.8, 4) is 0 Å². The lowest BCUT2D eigenvalue weighted by Crippen LogP contribution is -2.28. The number of esters is 1. The van der Waals surface area contributed by atoms with Gasteiger partial charge in [0.15, 0.2) is 5.78 Å². The first-order chi connectivity index (χ1) is 17.3. The second-order valence-corrected chi connectivity index (χ2v) is 8.11. The van der Waals surface area contributed by atoms with E-state index in [0.717, 1.165) is 11.1 Å². The van der Waals surface area contributed by atoms with E-state index in [1.807, 2.05) is 56.3 Å². The summed E-state index contributed by atoms with van der Waals surface area (Å²) in [5, 5.41) is 6.29. The first-order valence-electron chi connectivity index (χ1n) is 11.5. The number of hydrogen-bond donors (Lipinski definition) is 3. The highest BCUT2D eigenvalue weighted by molar-refractivity contribution is 6.18. The van der Waals surface area contributed by atoms with Crippen molar-refractivity contribution in [2.45, 2.75) is 20.8 Å². The van der Waals surface area contributed by atoms with Crippen molar-refractivity contribution < 1.29 is 19.1 Å². The van der Waals surface area contributed by atoms with Crippen molar-refractivity contribution >= 4 is 29.0 Å². The molecule has 0 aliphatic carbocycles. The van der Waals surface area contributed by atoms with Gasteiger partial charge in [-0.15, -0.1) is 0 Å². The first kappa shape index (κ1) is 26.0. The topological polar surface area (TPSA) is 111 Å². The lowest BCUT2D eigenvalue weighted by molar-refractivity contribution is -0.140. The van der Waals surface area contributed by atoms with Gasteiger partial charge in [0.25, 0.3) is 5.91 Å². The van der Waals surface area contributed by atoms with Crippen LogP contribution >= 0.6 is 0 Å². The zero-order valence-electron chi connectivity index (χ0n) is 20.5. The minimum absolute atomic E-state index is 0.0228. The number of rotatable bonds is 10. The molecular formula is C29H29N3O4. The SMILES string of the molecule is CCOC(=O)/C(C(N)=O)=C(Nc1ccc(C)cc1)/C(=C/C(=O)c1ccccc1)Nc1ccc(C)cc1. The number of aryl methyl sites for hydroxylation is 2. The Morgan fingerprint density at radius 2 is 1.33 bits per heavy atom. The molecule has 3 aromatic rings. The molecule has 4 N–H and O–H groups in total. The van der Waals surface area contributed by atoms with Crippen LogP contribution in [-0.2, 0) is 14.3 Å². The van der Waals surface area contributed by atoms with Crippen molar-refractivity contribution in [1.29, 1.82) is 0 Å². The van der Waals surface area contributed by atoms with Crippen molar-refractivity contribution in [3.05, 3.63) is 119 Å². The Hall–Kier alpha value is -4.65. The Bertz CT molecular complexity index is 1290. The standard InChI is InChI=1S/C29H29N3O4/c1-4-36-29(35)26(28(30)34)27(32-23-16-12-20(3)13-17-23)24(31-22-14-10-19(2)11-15-22)18-25(33)21-8-6-5-7-9-21/h5-18,31-32H,4H2,1-3H3,(H2,30,34)/b24-18-,27-26-. The van der Waals surface area contributed by atoms with Crippen LogP contribution in [0.1, 0.15) is 28.4 Å². The van der Waals surface area contributed by atoms with E-state index in [0.29, 0.717) is 16.9 Å². The third-order valence-corrected chi connectivity index (χ3v) is 5.23. The van der Waals surface area contributed by atoms with E-state index in [2.05, 4.69) is 10.6 Å². The van der Waals surface area contributed by atoms with Crippen molar-refractivity contribution in [2.75, 3.05) is 17.2 Å². The highest BCUT2D eigenvalue weighted by Gasteiger charge is 2.26. The zero-order valence-corrected chi connectivity index (χ0v) is 20.5. The van der Waals surface area contributed by atoms with E-state index in [9.17, 15) is 14.4 Å². The normalized spacial score (nSPS) is 11.8. The minimum atomic E-state index is -0.994. The summed E-state index contributed by atoms with van der Waals surface area (Å²) in [6.07, 6.45) is 1.33. The van der Waals surface area contributed by atoms with Crippen LogP contribution in [0.25, 0.3) is 0 Å². The maximum atomic E-state index is 13.2. The molecule has 7 nitrogen and oxygen atoms in total. The van der Waals surface area contributed by atoms with E-state index in [1.165, 1.54) is 6.08 Å². The third-order valence-electron chi connectivity index (χ3n) is 5.23. The van der Waals surface area contributed by atoms with Gasteiger partial charge in [-0.1, -0.05) is 65.7 Å². The van der Waals surface area contributed by atoms with Crippen LogP contribution in [0.4, 0.5) is 11.4 Å². The van der Waals surface area contributed by atoms with Crippen molar-refractivity contribution in [1.82, 2.24) is 0 Å². The molecule has 0 saturated carbocycles. The van der Waals surface area contributed by atoms with Crippen LogP contribution in [0.5, 0.6) is 0 Å². The number of carbonyl (C=O) groups is 3. The third kappa shape index (κ3) is 6.93. The first-order valence-corrected chi connectivity index (χ1v) is 11.5. The number of anilines is 2. The van der Waals surface area contributed by atoms with Gasteiger partial charge < -0.3 is 21.1 Å². The molecular weight excluding hydrogens is 454 g/mol. The van der Waals surface area contributed by atoms with Crippen LogP contribution in [0.15, 0.2) is 102 Å². The number of nitrogens with one attached hydrogen (secondary N) is 2. The Kier molecular flexibility index (Phi) is 8.78. The highest BCUT2D eigenvalue weighted by Crippen LogP contribution is 2.24. The van der Waals surface area contributed by atoms with Gasteiger partial charge in [0.1, 0.15) is 5.57 Å². The highest BCUT2D eigenvalue weighted by atomic mass is 16.5. The number of primary amides is 1. The quantitative estimate of drug-likeness (QED) is 0.0945. The zero-order chi connectivity index (χ0) is 26.1.